The second-order valence-electron chi connectivity index (χ2n) is 6.71. The van der Waals surface area contributed by atoms with Crippen molar-refractivity contribution in [3.8, 4) is 17.6 Å². The van der Waals surface area contributed by atoms with Crippen LogP contribution in [-0.4, -0.2) is 46.2 Å². The highest BCUT2D eigenvalue weighted by Crippen LogP contribution is 2.38. The number of phenolic OH excluding ortho intramolecular Hbond substituents is 1. The summed E-state index contributed by atoms with van der Waals surface area (Å²) in [5.41, 5.74) is -0.975. The Kier molecular flexibility index (Phi) is 9.98. The van der Waals surface area contributed by atoms with Gasteiger partial charge in [0.15, 0.2) is 5.75 Å². The minimum atomic E-state index is -1.13. The number of benzene rings is 1. The highest BCUT2D eigenvalue weighted by Gasteiger charge is 2.24. The number of carbonyl (C=O) groups is 2. The molecule has 0 spiro atoms. The molecule has 0 saturated heterocycles. The summed E-state index contributed by atoms with van der Waals surface area (Å²) in [4.78, 5) is 36.3. The molecule has 31 heavy (non-hydrogen) atoms. The number of ether oxygens (including phenoxy) is 2. The van der Waals surface area contributed by atoms with Gasteiger partial charge in [0, 0.05) is 19.2 Å². The van der Waals surface area contributed by atoms with Gasteiger partial charge in [-0.05, 0) is 44.9 Å². The number of rotatable bonds is 10. The Labute approximate surface area is 180 Å². The Morgan fingerprint density at radius 3 is 2.48 bits per heavy atom. The van der Waals surface area contributed by atoms with Crippen LogP contribution in [0, 0.1) is 21.4 Å². The van der Waals surface area contributed by atoms with E-state index in [0.717, 1.165) is 31.1 Å². The number of likely N-dealkylation sites (N-methyl/N-ethyl adjacent to an activating group) is 1. The topological polar surface area (TPSA) is 143 Å². The van der Waals surface area contributed by atoms with Crippen molar-refractivity contribution < 1.29 is 29.1 Å². The summed E-state index contributed by atoms with van der Waals surface area (Å²) in [6.07, 6.45) is 1.92. The zero-order valence-electron chi connectivity index (χ0n) is 18.1. The highest BCUT2D eigenvalue weighted by atomic mass is 16.7. The zero-order valence-corrected chi connectivity index (χ0v) is 18.1. The molecular formula is C21H27N3O7. The predicted molar refractivity (Wildman–Crippen MR) is 112 cm³/mol. The number of nitro groups is 1. The Hall–Kier alpha value is -3.61. The van der Waals surface area contributed by atoms with Crippen LogP contribution in [0.3, 0.4) is 0 Å². The molecule has 1 N–H and O–H groups in total. The first-order valence-corrected chi connectivity index (χ1v) is 9.99. The standard InChI is InChI=1S/C21H27N3O7/c1-5-8-9-14(4)30-21(27)31-18-12-15(11-17(19(18)25)24(28)29)10-16(13-22)20(26)23(6-2)7-3/h10-12,14,25H,5-9H2,1-4H3/b16-10+. The number of aromatic hydroxyl groups is 1. The Bertz CT molecular complexity index is 886. The third-order valence-electron chi connectivity index (χ3n) is 4.44. The maximum absolute atomic E-state index is 12.4. The van der Waals surface area contributed by atoms with Crippen molar-refractivity contribution in [2.45, 2.75) is 53.1 Å². The number of nitrogens with zero attached hydrogens (tertiary/aromatic N) is 3. The second-order valence-corrected chi connectivity index (χ2v) is 6.71. The lowest BCUT2D eigenvalue weighted by Gasteiger charge is -2.17. The van der Waals surface area contributed by atoms with Crippen LogP contribution in [0.25, 0.3) is 6.08 Å². The van der Waals surface area contributed by atoms with Crippen LogP contribution < -0.4 is 4.74 Å². The van der Waals surface area contributed by atoms with E-state index in [9.17, 15) is 30.1 Å². The first-order valence-electron chi connectivity index (χ1n) is 9.99. The maximum atomic E-state index is 12.4. The Morgan fingerprint density at radius 1 is 1.32 bits per heavy atom. The summed E-state index contributed by atoms with van der Waals surface area (Å²) in [5.74, 6) is -1.93. The zero-order chi connectivity index (χ0) is 23.6. The fourth-order valence-electron chi connectivity index (χ4n) is 2.73. The highest BCUT2D eigenvalue weighted by molar-refractivity contribution is 6.01. The molecule has 1 aromatic carbocycles. The van der Waals surface area contributed by atoms with E-state index < -0.39 is 40.3 Å². The minimum Gasteiger partial charge on any atom is -0.499 e. The quantitative estimate of drug-likeness (QED) is 0.145. The van der Waals surface area contributed by atoms with Gasteiger partial charge in [-0.15, -0.1) is 0 Å². The fraction of sp³-hybridized carbons (Fsp3) is 0.476. The SMILES string of the molecule is CCCCC(C)OC(=O)Oc1cc(/C=C(\C#N)C(=O)N(CC)CC)cc([N+](=O)[O-])c1O. The van der Waals surface area contributed by atoms with Crippen molar-refractivity contribution in [2.24, 2.45) is 0 Å². The summed E-state index contributed by atoms with van der Waals surface area (Å²) in [7, 11) is 0. The number of hydrogen-bond acceptors (Lipinski definition) is 8. The van der Waals surface area contributed by atoms with Crippen LogP contribution in [0.4, 0.5) is 10.5 Å². The third-order valence-corrected chi connectivity index (χ3v) is 4.44. The summed E-state index contributed by atoms with van der Waals surface area (Å²) < 4.78 is 10.1. The van der Waals surface area contributed by atoms with Crippen molar-refractivity contribution in [1.82, 2.24) is 4.90 Å². The number of phenols is 1. The molecular weight excluding hydrogens is 406 g/mol. The number of amides is 1. The first kappa shape index (κ1) is 25.4. The van der Waals surface area contributed by atoms with Gasteiger partial charge in [-0.2, -0.15) is 5.26 Å². The van der Waals surface area contributed by atoms with Crippen LogP contribution in [-0.2, 0) is 9.53 Å². The summed E-state index contributed by atoms with van der Waals surface area (Å²) in [5, 5.41) is 30.8. The number of unbranched alkanes of at least 4 members (excludes halogenated alkanes) is 1. The van der Waals surface area contributed by atoms with E-state index in [-0.39, 0.29) is 11.1 Å². The van der Waals surface area contributed by atoms with Crippen LogP contribution in [0.5, 0.6) is 11.5 Å². The van der Waals surface area contributed by atoms with E-state index in [1.165, 1.54) is 4.90 Å². The van der Waals surface area contributed by atoms with Crippen molar-refractivity contribution in [1.29, 1.82) is 5.26 Å². The second kappa shape index (κ2) is 12.2. The molecule has 0 saturated carbocycles. The Balaban J connectivity index is 3.28. The van der Waals surface area contributed by atoms with Gasteiger partial charge in [0.2, 0.25) is 5.75 Å². The van der Waals surface area contributed by atoms with Gasteiger partial charge < -0.3 is 19.5 Å². The van der Waals surface area contributed by atoms with Gasteiger partial charge in [-0.25, -0.2) is 4.79 Å². The van der Waals surface area contributed by atoms with Crippen molar-refractivity contribution in [2.75, 3.05) is 13.1 Å². The van der Waals surface area contributed by atoms with Gasteiger partial charge in [0.05, 0.1) is 4.92 Å². The van der Waals surface area contributed by atoms with E-state index in [1.54, 1.807) is 26.8 Å². The lowest BCUT2D eigenvalue weighted by Crippen LogP contribution is -2.31. The van der Waals surface area contributed by atoms with Crippen LogP contribution in [0.1, 0.15) is 52.5 Å². The lowest BCUT2D eigenvalue weighted by molar-refractivity contribution is -0.385. The summed E-state index contributed by atoms with van der Waals surface area (Å²) >= 11 is 0. The largest absolute Gasteiger partial charge is 0.514 e. The molecule has 1 amide bonds. The molecule has 0 aliphatic rings. The maximum Gasteiger partial charge on any atom is 0.514 e. The number of hydrogen-bond donors (Lipinski definition) is 1. The molecule has 0 radical (unpaired) electrons. The third kappa shape index (κ3) is 7.29. The number of nitriles is 1. The normalized spacial score (nSPS) is 11.9. The molecule has 1 rings (SSSR count). The van der Waals surface area contributed by atoms with Crippen LogP contribution in [0.15, 0.2) is 17.7 Å². The van der Waals surface area contributed by atoms with E-state index >= 15 is 0 Å². The summed E-state index contributed by atoms with van der Waals surface area (Å²) in [6.45, 7) is 7.92. The number of nitro benzene ring substituents is 1. The molecule has 0 bridgehead atoms. The monoisotopic (exact) mass is 433 g/mol. The molecule has 0 aromatic heterocycles. The molecule has 1 atom stereocenters. The van der Waals surface area contributed by atoms with Crippen molar-refractivity contribution in [3.05, 3.63) is 33.4 Å². The molecule has 0 aliphatic carbocycles. The molecule has 1 unspecified atom stereocenters. The fourth-order valence-corrected chi connectivity index (χ4v) is 2.73. The van der Waals surface area contributed by atoms with Crippen LogP contribution >= 0.6 is 0 Å². The average molecular weight is 433 g/mol. The van der Waals surface area contributed by atoms with E-state index in [2.05, 4.69) is 0 Å². The van der Waals surface area contributed by atoms with E-state index in [0.29, 0.717) is 19.5 Å². The minimum absolute atomic E-state index is 0.0309. The molecule has 0 fully saturated rings. The molecule has 10 heteroatoms. The van der Waals surface area contributed by atoms with Crippen molar-refractivity contribution >= 4 is 23.8 Å². The predicted octanol–water partition coefficient (Wildman–Crippen LogP) is 4.17. The van der Waals surface area contributed by atoms with Crippen LogP contribution in [0.2, 0.25) is 0 Å². The van der Waals surface area contributed by atoms with Crippen molar-refractivity contribution in [3.63, 3.8) is 0 Å². The molecule has 168 valence electrons. The smallest absolute Gasteiger partial charge is 0.499 e. The van der Waals surface area contributed by atoms with Gasteiger partial charge in [0.1, 0.15) is 17.7 Å². The van der Waals surface area contributed by atoms with Gasteiger partial charge in [-0.3, -0.25) is 14.9 Å². The van der Waals surface area contributed by atoms with Gasteiger partial charge in [0.25, 0.3) is 5.91 Å². The summed E-state index contributed by atoms with van der Waals surface area (Å²) in [6, 6.07) is 3.87. The van der Waals surface area contributed by atoms with E-state index in [4.69, 9.17) is 9.47 Å². The van der Waals surface area contributed by atoms with Gasteiger partial charge in [-0.1, -0.05) is 19.8 Å². The van der Waals surface area contributed by atoms with E-state index in [1.807, 2.05) is 6.92 Å². The van der Waals surface area contributed by atoms with Gasteiger partial charge >= 0.3 is 11.8 Å². The molecule has 10 nitrogen and oxygen atoms in total. The average Bonchev–Trinajstić information content (AvgIpc) is 2.72. The molecule has 0 aliphatic heterocycles. The molecule has 0 heterocycles. The Morgan fingerprint density at radius 2 is 1.97 bits per heavy atom. The lowest BCUT2D eigenvalue weighted by atomic mass is 10.1. The first-order chi connectivity index (χ1) is 14.7. The number of carbonyl (C=O) groups excluding carboxylic acids is 2. The molecule has 1 aromatic rings.